The molecule has 0 bridgehead atoms. The number of aryl methyl sites for hydroxylation is 2. The maximum Gasteiger partial charge on any atom is 0.162 e. The van der Waals surface area contributed by atoms with E-state index in [0.29, 0.717) is 0 Å². The SMILES string of the molecule is CCc1ccc(-c2nc(CSc3ncnc4c3cnn4C)cs2)cc1. The number of hydrogen-bond acceptors (Lipinski definition) is 6. The van der Waals surface area contributed by atoms with Gasteiger partial charge in [0.2, 0.25) is 0 Å². The fourth-order valence-corrected chi connectivity index (χ4v) is 4.37. The zero-order valence-electron chi connectivity index (χ0n) is 14.0. The Bertz CT molecular complexity index is 1000. The number of hydrogen-bond donors (Lipinski definition) is 0. The van der Waals surface area contributed by atoms with E-state index >= 15 is 0 Å². The van der Waals surface area contributed by atoms with E-state index in [1.165, 1.54) is 11.1 Å². The van der Waals surface area contributed by atoms with Gasteiger partial charge in [-0.25, -0.2) is 15.0 Å². The molecule has 7 heteroatoms. The molecule has 25 heavy (non-hydrogen) atoms. The lowest BCUT2D eigenvalue weighted by Gasteiger charge is -2.01. The summed E-state index contributed by atoms with van der Waals surface area (Å²) in [6, 6.07) is 8.65. The van der Waals surface area contributed by atoms with Crippen molar-refractivity contribution in [2.45, 2.75) is 24.1 Å². The minimum absolute atomic E-state index is 0.782. The topological polar surface area (TPSA) is 56.5 Å². The quantitative estimate of drug-likeness (QED) is 0.388. The van der Waals surface area contributed by atoms with E-state index < -0.39 is 0 Å². The van der Waals surface area contributed by atoms with Gasteiger partial charge in [0.25, 0.3) is 0 Å². The van der Waals surface area contributed by atoms with Crippen LogP contribution in [-0.4, -0.2) is 24.7 Å². The van der Waals surface area contributed by atoms with Gasteiger partial charge in [-0.05, 0) is 12.0 Å². The van der Waals surface area contributed by atoms with E-state index in [4.69, 9.17) is 4.98 Å². The minimum Gasteiger partial charge on any atom is -0.250 e. The molecule has 0 spiro atoms. The zero-order chi connectivity index (χ0) is 17.2. The third-order valence-electron chi connectivity index (χ3n) is 4.01. The Morgan fingerprint density at radius 2 is 2.00 bits per heavy atom. The van der Waals surface area contributed by atoms with Crippen molar-refractivity contribution in [1.29, 1.82) is 0 Å². The summed E-state index contributed by atoms with van der Waals surface area (Å²) >= 11 is 3.36. The number of fused-ring (bicyclic) bond motifs is 1. The van der Waals surface area contributed by atoms with Gasteiger partial charge in [0.1, 0.15) is 16.4 Å². The molecule has 0 amide bonds. The molecule has 0 N–H and O–H groups in total. The van der Waals surface area contributed by atoms with Crippen molar-refractivity contribution in [3.8, 4) is 10.6 Å². The summed E-state index contributed by atoms with van der Waals surface area (Å²) in [5, 5.41) is 9.37. The van der Waals surface area contributed by atoms with Gasteiger partial charge in [-0.1, -0.05) is 43.0 Å². The molecule has 0 saturated heterocycles. The lowest BCUT2D eigenvalue weighted by Crippen LogP contribution is -1.93. The van der Waals surface area contributed by atoms with E-state index in [2.05, 4.69) is 51.6 Å². The van der Waals surface area contributed by atoms with Crippen LogP contribution < -0.4 is 0 Å². The molecule has 0 saturated carbocycles. The van der Waals surface area contributed by atoms with Crippen molar-refractivity contribution in [2.75, 3.05) is 0 Å². The number of rotatable bonds is 5. The fraction of sp³-hybridized carbons (Fsp3) is 0.222. The van der Waals surface area contributed by atoms with Crippen LogP contribution in [0.15, 0.2) is 47.2 Å². The predicted octanol–water partition coefficient (Wildman–Crippen LogP) is 4.34. The van der Waals surface area contributed by atoms with Gasteiger partial charge in [-0.3, -0.25) is 4.68 Å². The maximum absolute atomic E-state index is 4.77. The monoisotopic (exact) mass is 367 g/mol. The smallest absolute Gasteiger partial charge is 0.162 e. The molecule has 0 aliphatic rings. The van der Waals surface area contributed by atoms with Crippen LogP contribution in [0.4, 0.5) is 0 Å². The number of benzene rings is 1. The average Bonchev–Trinajstić information content (AvgIpc) is 3.28. The van der Waals surface area contributed by atoms with Crippen molar-refractivity contribution in [1.82, 2.24) is 24.7 Å². The second kappa shape index (κ2) is 6.93. The van der Waals surface area contributed by atoms with Crippen LogP contribution in [0, 0.1) is 0 Å². The first-order valence-corrected chi connectivity index (χ1v) is 9.90. The van der Waals surface area contributed by atoms with Crippen molar-refractivity contribution >= 4 is 34.1 Å². The second-order valence-electron chi connectivity index (χ2n) is 5.67. The molecule has 4 aromatic rings. The van der Waals surface area contributed by atoms with Gasteiger partial charge >= 0.3 is 0 Å². The molecule has 3 aromatic heterocycles. The van der Waals surface area contributed by atoms with E-state index in [-0.39, 0.29) is 0 Å². The normalized spacial score (nSPS) is 11.3. The molecule has 0 aliphatic heterocycles. The molecule has 0 fully saturated rings. The van der Waals surface area contributed by atoms with Gasteiger partial charge in [-0.2, -0.15) is 5.10 Å². The first-order chi connectivity index (χ1) is 12.2. The van der Waals surface area contributed by atoms with Crippen LogP contribution >= 0.6 is 23.1 Å². The highest BCUT2D eigenvalue weighted by molar-refractivity contribution is 7.98. The second-order valence-corrected chi connectivity index (χ2v) is 7.49. The molecule has 0 radical (unpaired) electrons. The lowest BCUT2D eigenvalue weighted by atomic mass is 10.1. The van der Waals surface area contributed by atoms with E-state index in [1.54, 1.807) is 34.1 Å². The Balaban J connectivity index is 1.51. The molecule has 0 atom stereocenters. The highest BCUT2D eigenvalue weighted by Crippen LogP contribution is 2.30. The Morgan fingerprint density at radius 1 is 1.16 bits per heavy atom. The summed E-state index contributed by atoms with van der Waals surface area (Å²) in [5.74, 6) is 0.782. The number of aromatic nitrogens is 5. The zero-order valence-corrected chi connectivity index (χ0v) is 15.6. The largest absolute Gasteiger partial charge is 0.250 e. The summed E-state index contributed by atoms with van der Waals surface area (Å²) in [4.78, 5) is 13.4. The standard InChI is InChI=1S/C18H17N5S2/c1-3-12-4-6-13(7-5-12)17-22-14(9-24-17)10-25-18-15-8-21-23(2)16(15)19-11-20-18/h4-9,11H,3,10H2,1-2H3. The van der Waals surface area contributed by atoms with Gasteiger partial charge in [0.05, 0.1) is 17.3 Å². The summed E-state index contributed by atoms with van der Waals surface area (Å²) in [7, 11) is 1.89. The molecule has 126 valence electrons. The van der Waals surface area contributed by atoms with Crippen molar-refractivity contribution in [3.63, 3.8) is 0 Å². The molecule has 3 heterocycles. The summed E-state index contributed by atoms with van der Waals surface area (Å²) in [6.07, 6.45) is 4.47. The minimum atomic E-state index is 0.782. The third-order valence-corrected chi connectivity index (χ3v) is 5.99. The maximum atomic E-state index is 4.77. The highest BCUT2D eigenvalue weighted by Gasteiger charge is 2.10. The Kier molecular flexibility index (Phi) is 4.50. The number of thioether (sulfide) groups is 1. The molecular weight excluding hydrogens is 350 g/mol. The van der Waals surface area contributed by atoms with Crippen LogP contribution in [-0.2, 0) is 19.2 Å². The van der Waals surface area contributed by atoms with Crippen LogP contribution in [0.2, 0.25) is 0 Å². The molecule has 5 nitrogen and oxygen atoms in total. The van der Waals surface area contributed by atoms with Gasteiger partial charge < -0.3 is 0 Å². The van der Waals surface area contributed by atoms with Crippen molar-refractivity contribution in [2.24, 2.45) is 7.05 Å². The summed E-state index contributed by atoms with van der Waals surface area (Å²) in [5.41, 5.74) is 4.45. The van der Waals surface area contributed by atoms with E-state index in [1.807, 2.05) is 13.2 Å². The van der Waals surface area contributed by atoms with E-state index in [9.17, 15) is 0 Å². The predicted molar refractivity (Wildman–Crippen MR) is 103 cm³/mol. The Morgan fingerprint density at radius 3 is 2.80 bits per heavy atom. The molecule has 0 unspecified atom stereocenters. The number of nitrogens with zero attached hydrogens (tertiary/aromatic N) is 5. The summed E-state index contributed by atoms with van der Waals surface area (Å²) < 4.78 is 1.77. The fourth-order valence-electron chi connectivity index (χ4n) is 2.59. The van der Waals surface area contributed by atoms with E-state index in [0.717, 1.165) is 38.9 Å². The van der Waals surface area contributed by atoms with Crippen molar-refractivity contribution < 1.29 is 0 Å². The van der Waals surface area contributed by atoms with Gasteiger partial charge in [-0.15, -0.1) is 11.3 Å². The van der Waals surface area contributed by atoms with Crippen molar-refractivity contribution in [3.05, 3.63) is 53.4 Å². The van der Waals surface area contributed by atoms with Crippen LogP contribution in [0.25, 0.3) is 21.6 Å². The molecule has 4 rings (SSSR count). The molecular formula is C18H17N5S2. The highest BCUT2D eigenvalue weighted by atomic mass is 32.2. The first kappa shape index (κ1) is 16.2. The lowest BCUT2D eigenvalue weighted by molar-refractivity contribution is 0.784. The van der Waals surface area contributed by atoms with Gasteiger partial charge in [0.15, 0.2) is 5.65 Å². The number of thiazole rings is 1. The molecule has 1 aromatic carbocycles. The van der Waals surface area contributed by atoms with Crippen LogP contribution in [0.5, 0.6) is 0 Å². The first-order valence-electron chi connectivity index (χ1n) is 8.04. The molecule has 0 aliphatic carbocycles. The third kappa shape index (κ3) is 3.29. The Hall–Kier alpha value is -2.25. The summed E-state index contributed by atoms with van der Waals surface area (Å²) in [6.45, 7) is 2.17. The van der Waals surface area contributed by atoms with Gasteiger partial charge in [0, 0.05) is 23.7 Å². The average molecular weight is 368 g/mol. The van der Waals surface area contributed by atoms with Crippen LogP contribution in [0.1, 0.15) is 18.2 Å². The Labute approximate surface area is 154 Å². The van der Waals surface area contributed by atoms with Crippen LogP contribution in [0.3, 0.4) is 0 Å².